The molecule has 0 amide bonds. The second kappa shape index (κ2) is 4.13. The van der Waals surface area contributed by atoms with Crippen LogP contribution in [0, 0.1) is 0 Å². The Labute approximate surface area is 90.5 Å². The molecule has 0 aromatic carbocycles. The van der Waals surface area contributed by atoms with E-state index in [0.29, 0.717) is 17.5 Å². The Kier molecular flexibility index (Phi) is 2.86. The van der Waals surface area contributed by atoms with Gasteiger partial charge >= 0.3 is 0 Å². The van der Waals surface area contributed by atoms with Gasteiger partial charge in [-0.05, 0) is 36.7 Å². The Hall–Kier alpha value is -0.840. The van der Waals surface area contributed by atoms with Crippen molar-refractivity contribution in [2.24, 2.45) is 5.73 Å². The molecular weight excluding hydrogens is 220 g/mol. The molecule has 0 saturated heterocycles. The van der Waals surface area contributed by atoms with Gasteiger partial charge in [0, 0.05) is 11.1 Å². The fourth-order valence-corrected chi connectivity index (χ4v) is 2.14. The van der Waals surface area contributed by atoms with E-state index in [1.807, 2.05) is 12.3 Å². The van der Waals surface area contributed by atoms with Gasteiger partial charge in [0.25, 0.3) is 0 Å². The second-order valence-corrected chi connectivity index (χ2v) is 4.26. The molecule has 0 radical (unpaired) electrons. The summed E-state index contributed by atoms with van der Waals surface area (Å²) in [6.45, 7) is 0.639. The number of halogens is 1. The van der Waals surface area contributed by atoms with Crippen LogP contribution in [-0.4, -0.2) is 11.5 Å². The topological polar surface area (TPSA) is 52.0 Å². The van der Waals surface area contributed by atoms with Crippen LogP contribution in [0.1, 0.15) is 4.88 Å². The maximum atomic E-state index is 5.67. The molecule has 2 heterocycles. The van der Waals surface area contributed by atoms with Gasteiger partial charge in [-0.1, -0.05) is 0 Å². The summed E-state index contributed by atoms with van der Waals surface area (Å²) in [7, 11) is 0. The molecule has 0 aliphatic heterocycles. The van der Waals surface area contributed by atoms with E-state index in [-0.39, 0.29) is 0 Å². The van der Waals surface area contributed by atoms with Crippen LogP contribution in [-0.2, 0) is 6.42 Å². The third-order valence-corrected chi connectivity index (χ3v) is 3.00. The Balaban J connectivity index is 2.24. The summed E-state index contributed by atoms with van der Waals surface area (Å²) in [6, 6.07) is 3.52. The highest BCUT2D eigenvalue weighted by Gasteiger charge is 2.07. The summed E-state index contributed by atoms with van der Waals surface area (Å²) in [5.74, 6) is 0.711. The molecule has 0 aliphatic rings. The standard InChI is InChI=1S/C9H9ClN2OS/c10-8-2-1-7(13-8)9-12-5-6(14-9)3-4-11/h1-2,5H,3-4,11H2. The van der Waals surface area contributed by atoms with E-state index in [4.69, 9.17) is 21.8 Å². The van der Waals surface area contributed by atoms with Gasteiger partial charge in [0.15, 0.2) is 16.0 Å². The van der Waals surface area contributed by atoms with Crippen LogP contribution in [0.2, 0.25) is 5.22 Å². The fraction of sp³-hybridized carbons (Fsp3) is 0.222. The minimum absolute atomic E-state index is 0.385. The lowest BCUT2D eigenvalue weighted by atomic mass is 10.4. The summed E-state index contributed by atoms with van der Waals surface area (Å²) >= 11 is 7.25. The van der Waals surface area contributed by atoms with Crippen molar-refractivity contribution in [1.29, 1.82) is 0 Å². The van der Waals surface area contributed by atoms with E-state index in [9.17, 15) is 0 Å². The Bertz CT molecular complexity index is 424. The lowest BCUT2D eigenvalue weighted by molar-refractivity contribution is 0.584. The zero-order chi connectivity index (χ0) is 9.97. The lowest BCUT2D eigenvalue weighted by Gasteiger charge is -1.88. The largest absolute Gasteiger partial charge is 0.442 e. The van der Waals surface area contributed by atoms with E-state index in [1.165, 1.54) is 0 Å². The Morgan fingerprint density at radius 2 is 2.36 bits per heavy atom. The van der Waals surface area contributed by atoms with E-state index >= 15 is 0 Å². The molecular formula is C9H9ClN2OS. The molecule has 2 aromatic rings. The van der Waals surface area contributed by atoms with Crippen LogP contribution >= 0.6 is 22.9 Å². The van der Waals surface area contributed by atoms with Crippen LogP contribution in [0.3, 0.4) is 0 Å². The molecule has 0 unspecified atom stereocenters. The highest BCUT2D eigenvalue weighted by Crippen LogP contribution is 2.28. The summed E-state index contributed by atoms with van der Waals surface area (Å²) < 4.78 is 5.24. The van der Waals surface area contributed by atoms with Crippen molar-refractivity contribution in [3.05, 3.63) is 28.4 Å². The molecule has 0 spiro atoms. The van der Waals surface area contributed by atoms with Gasteiger partial charge < -0.3 is 10.2 Å². The summed E-state index contributed by atoms with van der Waals surface area (Å²) in [4.78, 5) is 5.39. The number of aromatic nitrogens is 1. The zero-order valence-corrected chi connectivity index (χ0v) is 8.94. The first kappa shape index (κ1) is 9.71. The molecule has 2 rings (SSSR count). The molecule has 3 nitrogen and oxygen atoms in total. The smallest absolute Gasteiger partial charge is 0.194 e. The summed E-state index contributed by atoms with van der Waals surface area (Å²) in [5, 5.41) is 1.23. The molecule has 0 bridgehead atoms. The fourth-order valence-electron chi connectivity index (χ4n) is 1.11. The normalized spacial score (nSPS) is 10.7. The van der Waals surface area contributed by atoms with Gasteiger partial charge in [-0.3, -0.25) is 0 Å². The molecule has 0 saturated carbocycles. The Morgan fingerprint density at radius 1 is 1.50 bits per heavy atom. The van der Waals surface area contributed by atoms with Crippen molar-refractivity contribution in [2.45, 2.75) is 6.42 Å². The summed E-state index contributed by atoms with van der Waals surface area (Å²) in [6.07, 6.45) is 2.68. The Morgan fingerprint density at radius 3 is 3.00 bits per heavy atom. The maximum absolute atomic E-state index is 5.67. The molecule has 2 aromatic heterocycles. The van der Waals surface area contributed by atoms with Gasteiger partial charge in [-0.2, -0.15) is 0 Å². The van der Waals surface area contributed by atoms with Crippen molar-refractivity contribution in [1.82, 2.24) is 4.98 Å². The summed E-state index contributed by atoms with van der Waals surface area (Å²) in [5.41, 5.74) is 5.45. The number of hydrogen-bond acceptors (Lipinski definition) is 4. The molecule has 0 atom stereocenters. The van der Waals surface area contributed by atoms with Crippen LogP contribution in [0.4, 0.5) is 0 Å². The van der Waals surface area contributed by atoms with Gasteiger partial charge in [0.05, 0.1) is 0 Å². The van der Waals surface area contributed by atoms with E-state index in [0.717, 1.165) is 16.3 Å². The van der Waals surface area contributed by atoms with Crippen molar-refractivity contribution in [3.63, 3.8) is 0 Å². The van der Waals surface area contributed by atoms with Gasteiger partial charge in [0.1, 0.15) is 0 Å². The first-order chi connectivity index (χ1) is 6.79. The maximum Gasteiger partial charge on any atom is 0.194 e. The SMILES string of the molecule is NCCc1cnc(-c2ccc(Cl)o2)s1. The lowest BCUT2D eigenvalue weighted by Crippen LogP contribution is -2.00. The number of rotatable bonds is 3. The number of hydrogen-bond donors (Lipinski definition) is 1. The minimum atomic E-state index is 0.385. The van der Waals surface area contributed by atoms with Crippen LogP contribution in [0.25, 0.3) is 10.8 Å². The molecule has 2 N–H and O–H groups in total. The average Bonchev–Trinajstić information content (AvgIpc) is 2.74. The first-order valence-corrected chi connectivity index (χ1v) is 5.39. The third-order valence-electron chi connectivity index (χ3n) is 1.73. The van der Waals surface area contributed by atoms with Crippen molar-refractivity contribution < 1.29 is 4.42 Å². The monoisotopic (exact) mass is 228 g/mol. The number of nitrogens with zero attached hydrogens (tertiary/aromatic N) is 1. The van der Waals surface area contributed by atoms with Crippen LogP contribution < -0.4 is 5.73 Å². The predicted octanol–water partition coefficient (Wildman–Crippen LogP) is 2.56. The van der Waals surface area contributed by atoms with Gasteiger partial charge in [-0.25, -0.2) is 4.98 Å². The third kappa shape index (κ3) is 1.97. The highest BCUT2D eigenvalue weighted by atomic mass is 35.5. The van der Waals surface area contributed by atoms with E-state index in [2.05, 4.69) is 4.98 Å². The van der Waals surface area contributed by atoms with Crippen molar-refractivity contribution in [3.8, 4) is 10.8 Å². The molecule has 74 valence electrons. The number of furan rings is 1. The quantitative estimate of drug-likeness (QED) is 0.879. The van der Waals surface area contributed by atoms with Crippen molar-refractivity contribution in [2.75, 3.05) is 6.54 Å². The van der Waals surface area contributed by atoms with Crippen LogP contribution in [0.15, 0.2) is 22.7 Å². The number of nitrogens with two attached hydrogens (primary N) is 1. The second-order valence-electron chi connectivity index (χ2n) is 2.77. The molecule has 5 heteroatoms. The van der Waals surface area contributed by atoms with Gasteiger partial charge in [0.2, 0.25) is 0 Å². The predicted molar refractivity (Wildman–Crippen MR) is 57.6 cm³/mol. The average molecular weight is 229 g/mol. The minimum Gasteiger partial charge on any atom is -0.442 e. The van der Waals surface area contributed by atoms with E-state index in [1.54, 1.807) is 17.4 Å². The van der Waals surface area contributed by atoms with E-state index < -0.39 is 0 Å². The van der Waals surface area contributed by atoms with Crippen LogP contribution in [0.5, 0.6) is 0 Å². The number of thiazole rings is 1. The molecule has 14 heavy (non-hydrogen) atoms. The van der Waals surface area contributed by atoms with Gasteiger partial charge in [-0.15, -0.1) is 11.3 Å². The van der Waals surface area contributed by atoms with Crippen molar-refractivity contribution >= 4 is 22.9 Å². The first-order valence-electron chi connectivity index (χ1n) is 4.20. The zero-order valence-electron chi connectivity index (χ0n) is 7.37. The molecule has 0 fully saturated rings. The molecule has 0 aliphatic carbocycles. The highest BCUT2D eigenvalue weighted by molar-refractivity contribution is 7.14.